The van der Waals surface area contributed by atoms with Gasteiger partial charge in [-0.15, -0.1) is 0 Å². The Balaban J connectivity index is 1.67. The predicted molar refractivity (Wildman–Crippen MR) is 80.6 cm³/mol. The first-order valence-electron chi connectivity index (χ1n) is 7.73. The minimum Gasteiger partial charge on any atom is -0.387 e. The molecule has 0 radical (unpaired) electrons. The molecule has 2 atom stereocenters. The van der Waals surface area contributed by atoms with Gasteiger partial charge >= 0.3 is 0 Å². The van der Waals surface area contributed by atoms with Crippen molar-refractivity contribution >= 4 is 0 Å². The molecule has 1 aromatic carbocycles. The largest absolute Gasteiger partial charge is 0.387 e. The van der Waals surface area contributed by atoms with Crippen LogP contribution in [-0.2, 0) is 6.54 Å². The number of aromatic nitrogens is 3. The molecule has 2 heterocycles. The van der Waals surface area contributed by atoms with Gasteiger partial charge in [-0.3, -0.25) is 9.58 Å². The van der Waals surface area contributed by atoms with E-state index in [1.807, 2.05) is 4.68 Å². The molecular formula is C16H21FN4O. The lowest BCUT2D eigenvalue weighted by atomic mass is 10.00. The van der Waals surface area contributed by atoms with Crippen LogP contribution in [0.3, 0.4) is 0 Å². The Morgan fingerprint density at radius 2 is 2.18 bits per heavy atom. The number of likely N-dealkylation sites (tertiary alicyclic amines) is 1. The summed E-state index contributed by atoms with van der Waals surface area (Å²) in [5, 5.41) is 14.5. The van der Waals surface area contributed by atoms with E-state index in [-0.39, 0.29) is 5.82 Å². The molecule has 0 aliphatic carbocycles. The minimum atomic E-state index is -0.808. The van der Waals surface area contributed by atoms with Crippen LogP contribution in [-0.4, -0.2) is 43.9 Å². The molecule has 1 N–H and O–H groups in total. The van der Waals surface area contributed by atoms with E-state index in [1.165, 1.54) is 18.8 Å². The second-order valence-electron chi connectivity index (χ2n) is 5.80. The molecule has 0 unspecified atom stereocenters. The lowest BCUT2D eigenvalue weighted by Gasteiger charge is -2.36. The molecular weight excluding hydrogens is 283 g/mol. The highest BCUT2D eigenvalue weighted by Gasteiger charge is 2.26. The van der Waals surface area contributed by atoms with Crippen molar-refractivity contribution < 1.29 is 9.50 Å². The van der Waals surface area contributed by atoms with Crippen molar-refractivity contribution in [2.75, 3.05) is 13.1 Å². The molecule has 1 aromatic heterocycles. The highest BCUT2D eigenvalue weighted by molar-refractivity contribution is 5.20. The minimum absolute atomic E-state index is 0.303. The van der Waals surface area contributed by atoms with Gasteiger partial charge < -0.3 is 5.11 Å². The summed E-state index contributed by atoms with van der Waals surface area (Å²) in [6, 6.07) is 6.74. The van der Waals surface area contributed by atoms with Crippen molar-refractivity contribution in [2.24, 2.45) is 0 Å². The number of β-amino-alcohol motifs (C(OH)–C–C–N with tert-alkyl or cyclic N) is 1. The zero-order valence-electron chi connectivity index (χ0n) is 12.5. The molecule has 1 aliphatic heterocycles. The molecule has 118 valence electrons. The van der Waals surface area contributed by atoms with E-state index >= 15 is 0 Å². The van der Waals surface area contributed by atoms with E-state index in [9.17, 15) is 9.50 Å². The summed E-state index contributed by atoms with van der Waals surface area (Å²) in [6.07, 6.45) is 5.77. The Hall–Kier alpha value is -1.79. The lowest BCUT2D eigenvalue weighted by molar-refractivity contribution is 0.0574. The molecule has 0 bridgehead atoms. The van der Waals surface area contributed by atoms with Gasteiger partial charge in [-0.25, -0.2) is 9.37 Å². The number of nitrogens with zero attached hydrogens (tertiary/aromatic N) is 4. The smallest absolute Gasteiger partial charge is 0.137 e. The van der Waals surface area contributed by atoms with Crippen LogP contribution in [0.1, 0.15) is 30.9 Å². The number of rotatable bonds is 5. The van der Waals surface area contributed by atoms with Crippen LogP contribution >= 0.6 is 0 Å². The molecule has 0 saturated carbocycles. The number of piperidine rings is 1. The first-order chi connectivity index (χ1) is 10.7. The Labute approximate surface area is 129 Å². The van der Waals surface area contributed by atoms with Crippen molar-refractivity contribution in [3.63, 3.8) is 0 Å². The van der Waals surface area contributed by atoms with Crippen LogP contribution < -0.4 is 0 Å². The number of hydrogen-bond donors (Lipinski definition) is 1. The summed E-state index contributed by atoms with van der Waals surface area (Å²) in [5.74, 6) is -0.347. The van der Waals surface area contributed by atoms with Gasteiger partial charge in [-0.2, -0.15) is 5.10 Å². The maximum Gasteiger partial charge on any atom is 0.137 e. The number of halogens is 1. The van der Waals surface area contributed by atoms with E-state index < -0.39 is 6.10 Å². The number of hydrogen-bond acceptors (Lipinski definition) is 4. The maximum atomic E-state index is 13.8. The summed E-state index contributed by atoms with van der Waals surface area (Å²) < 4.78 is 15.6. The fraction of sp³-hybridized carbons (Fsp3) is 0.500. The van der Waals surface area contributed by atoms with E-state index in [0.29, 0.717) is 18.2 Å². The fourth-order valence-electron chi connectivity index (χ4n) is 3.12. The molecule has 5 nitrogen and oxygen atoms in total. The van der Waals surface area contributed by atoms with E-state index in [2.05, 4.69) is 15.0 Å². The van der Waals surface area contributed by atoms with Crippen molar-refractivity contribution in [1.82, 2.24) is 19.7 Å². The van der Waals surface area contributed by atoms with Crippen LogP contribution in [0.25, 0.3) is 0 Å². The van der Waals surface area contributed by atoms with Gasteiger partial charge in [-0.1, -0.05) is 24.6 Å². The Morgan fingerprint density at radius 3 is 2.95 bits per heavy atom. The van der Waals surface area contributed by atoms with E-state index in [0.717, 1.165) is 25.9 Å². The fourth-order valence-corrected chi connectivity index (χ4v) is 3.12. The third-order valence-electron chi connectivity index (χ3n) is 4.29. The summed E-state index contributed by atoms with van der Waals surface area (Å²) in [6.45, 7) is 2.12. The van der Waals surface area contributed by atoms with E-state index in [4.69, 9.17) is 0 Å². The Kier molecular flexibility index (Phi) is 4.80. The van der Waals surface area contributed by atoms with Crippen LogP contribution in [0.15, 0.2) is 36.9 Å². The first kappa shape index (κ1) is 15.1. The number of benzene rings is 1. The first-order valence-corrected chi connectivity index (χ1v) is 7.73. The summed E-state index contributed by atoms with van der Waals surface area (Å²) in [4.78, 5) is 6.21. The van der Waals surface area contributed by atoms with Gasteiger partial charge in [0, 0.05) is 18.2 Å². The van der Waals surface area contributed by atoms with Crippen molar-refractivity contribution in [3.05, 3.63) is 48.3 Å². The van der Waals surface area contributed by atoms with Gasteiger partial charge in [0.2, 0.25) is 0 Å². The normalized spacial score (nSPS) is 20.9. The summed E-state index contributed by atoms with van der Waals surface area (Å²) in [7, 11) is 0. The molecule has 1 fully saturated rings. The zero-order chi connectivity index (χ0) is 15.4. The Morgan fingerprint density at radius 1 is 1.32 bits per heavy atom. The maximum absolute atomic E-state index is 13.8. The van der Waals surface area contributed by atoms with Gasteiger partial charge in [0.25, 0.3) is 0 Å². The zero-order valence-corrected chi connectivity index (χ0v) is 12.5. The molecule has 6 heteroatoms. The second kappa shape index (κ2) is 6.98. The molecule has 3 rings (SSSR count). The predicted octanol–water partition coefficient (Wildman–Crippen LogP) is 2.01. The summed E-state index contributed by atoms with van der Waals surface area (Å²) >= 11 is 0. The molecule has 22 heavy (non-hydrogen) atoms. The second-order valence-corrected chi connectivity index (χ2v) is 5.80. The van der Waals surface area contributed by atoms with Gasteiger partial charge in [0.05, 0.1) is 12.6 Å². The van der Waals surface area contributed by atoms with Gasteiger partial charge in [0.1, 0.15) is 18.5 Å². The number of aliphatic hydroxyl groups excluding tert-OH is 1. The average molecular weight is 304 g/mol. The van der Waals surface area contributed by atoms with Gasteiger partial charge in [-0.05, 0) is 25.5 Å². The van der Waals surface area contributed by atoms with Crippen LogP contribution in [0.2, 0.25) is 0 Å². The van der Waals surface area contributed by atoms with Crippen LogP contribution in [0, 0.1) is 5.82 Å². The van der Waals surface area contributed by atoms with Gasteiger partial charge in [0.15, 0.2) is 0 Å². The van der Waals surface area contributed by atoms with Crippen molar-refractivity contribution in [1.29, 1.82) is 0 Å². The number of aliphatic hydroxyl groups is 1. The molecule has 2 aromatic rings. The summed E-state index contributed by atoms with van der Waals surface area (Å²) in [5.41, 5.74) is 0.368. The monoisotopic (exact) mass is 304 g/mol. The highest BCUT2D eigenvalue weighted by atomic mass is 19.1. The third-order valence-corrected chi connectivity index (χ3v) is 4.29. The lowest BCUT2D eigenvalue weighted by Crippen LogP contribution is -2.44. The SMILES string of the molecule is O[C@H](CN1CCCC[C@@H]1Cn1cncn1)c1ccccc1F. The van der Waals surface area contributed by atoms with Crippen LogP contribution in [0.5, 0.6) is 0 Å². The van der Waals surface area contributed by atoms with Crippen LogP contribution in [0.4, 0.5) is 4.39 Å². The standard InChI is InChI=1S/C16H21FN4O/c17-15-7-2-1-6-14(15)16(22)10-20-8-4-3-5-13(20)9-21-12-18-11-19-21/h1-2,6-7,11-13,16,22H,3-5,8-10H2/t13-,16-/m1/s1. The Bertz CT molecular complexity index is 590. The topological polar surface area (TPSA) is 54.2 Å². The molecule has 0 spiro atoms. The quantitative estimate of drug-likeness (QED) is 0.918. The molecule has 1 saturated heterocycles. The third kappa shape index (κ3) is 3.51. The van der Waals surface area contributed by atoms with E-state index in [1.54, 1.807) is 24.5 Å². The van der Waals surface area contributed by atoms with Crippen molar-refractivity contribution in [3.8, 4) is 0 Å². The highest BCUT2D eigenvalue weighted by Crippen LogP contribution is 2.23. The van der Waals surface area contributed by atoms with Crippen molar-refractivity contribution in [2.45, 2.75) is 38.0 Å². The molecule has 1 aliphatic rings. The molecule has 0 amide bonds. The average Bonchev–Trinajstić information content (AvgIpc) is 3.02.